The summed E-state index contributed by atoms with van der Waals surface area (Å²) in [4.78, 5) is 0. The molecule has 0 amide bonds. The van der Waals surface area contributed by atoms with Gasteiger partial charge in [0.15, 0.2) is 0 Å². The zero-order chi connectivity index (χ0) is 15.8. The molecular formula is C18H25N3O2. The highest BCUT2D eigenvalue weighted by Crippen LogP contribution is 2.47. The number of ether oxygens (including phenoxy) is 1. The third kappa shape index (κ3) is 3.21. The van der Waals surface area contributed by atoms with Gasteiger partial charge in [0.2, 0.25) is 0 Å². The van der Waals surface area contributed by atoms with E-state index in [0.29, 0.717) is 12.0 Å². The van der Waals surface area contributed by atoms with Crippen LogP contribution in [-0.2, 0) is 18.3 Å². The van der Waals surface area contributed by atoms with Crippen LogP contribution in [0.4, 0.5) is 0 Å². The third-order valence-corrected chi connectivity index (χ3v) is 5.07. The molecule has 1 aliphatic carbocycles. The summed E-state index contributed by atoms with van der Waals surface area (Å²) in [6.07, 6.45) is 7.51. The molecule has 1 saturated carbocycles. The summed E-state index contributed by atoms with van der Waals surface area (Å²) in [6, 6.07) is 4.55. The van der Waals surface area contributed by atoms with Gasteiger partial charge in [-0.15, -0.1) is 0 Å². The maximum Gasteiger partial charge on any atom is 0.117 e. The number of nitrogens with one attached hydrogen (secondary N) is 1. The van der Waals surface area contributed by atoms with E-state index in [1.54, 1.807) is 0 Å². The third-order valence-electron chi connectivity index (χ3n) is 5.07. The Kier molecular flexibility index (Phi) is 3.99. The molecule has 5 nitrogen and oxygen atoms in total. The number of aryl methyl sites for hydroxylation is 1. The first-order chi connectivity index (χ1) is 11.2. The van der Waals surface area contributed by atoms with Gasteiger partial charge in [-0.05, 0) is 37.3 Å². The number of aromatic nitrogens is 2. The molecule has 1 aliphatic heterocycles. The molecule has 2 aliphatic rings. The fourth-order valence-electron chi connectivity index (χ4n) is 3.54. The minimum atomic E-state index is 0.0790. The fraction of sp³-hybridized carbons (Fsp3) is 0.611. The minimum Gasteiger partial charge on any atom is -0.464 e. The molecule has 1 saturated heterocycles. The van der Waals surface area contributed by atoms with Gasteiger partial charge in [-0.1, -0.05) is 6.92 Å². The SMILES string of the molecule is C[C@@H]1C[C@@H]1c1ccc(CN[C@H]2CCCO[C@@H]2c2cnn(C)c2)o1. The Morgan fingerprint density at radius 3 is 3.00 bits per heavy atom. The van der Waals surface area contributed by atoms with Crippen molar-refractivity contribution in [2.24, 2.45) is 13.0 Å². The van der Waals surface area contributed by atoms with Gasteiger partial charge in [0, 0.05) is 37.4 Å². The molecule has 124 valence electrons. The lowest BCUT2D eigenvalue weighted by Gasteiger charge is -2.31. The molecule has 0 bridgehead atoms. The van der Waals surface area contributed by atoms with Crippen LogP contribution in [0.15, 0.2) is 28.9 Å². The van der Waals surface area contributed by atoms with Crippen molar-refractivity contribution in [1.82, 2.24) is 15.1 Å². The maximum absolute atomic E-state index is 6.00. The highest BCUT2D eigenvalue weighted by molar-refractivity contribution is 5.18. The van der Waals surface area contributed by atoms with Crippen molar-refractivity contribution in [2.45, 2.75) is 50.8 Å². The van der Waals surface area contributed by atoms with Crippen LogP contribution in [0.2, 0.25) is 0 Å². The minimum absolute atomic E-state index is 0.0790. The summed E-state index contributed by atoms with van der Waals surface area (Å²) in [5, 5.41) is 7.90. The van der Waals surface area contributed by atoms with Crippen LogP contribution in [0, 0.1) is 5.92 Å². The van der Waals surface area contributed by atoms with E-state index in [9.17, 15) is 0 Å². The first-order valence-electron chi connectivity index (χ1n) is 8.63. The molecule has 4 rings (SSSR count). The van der Waals surface area contributed by atoms with Crippen molar-refractivity contribution >= 4 is 0 Å². The molecule has 2 aromatic heterocycles. The van der Waals surface area contributed by atoms with Gasteiger partial charge in [0.1, 0.15) is 17.6 Å². The zero-order valence-electron chi connectivity index (χ0n) is 13.9. The Labute approximate surface area is 137 Å². The van der Waals surface area contributed by atoms with Gasteiger partial charge >= 0.3 is 0 Å². The Bertz CT molecular complexity index is 663. The molecule has 4 atom stereocenters. The first kappa shape index (κ1) is 15.0. The molecule has 0 unspecified atom stereocenters. The molecule has 0 radical (unpaired) electrons. The van der Waals surface area contributed by atoms with Crippen LogP contribution in [0.25, 0.3) is 0 Å². The van der Waals surface area contributed by atoms with E-state index in [1.807, 2.05) is 24.1 Å². The van der Waals surface area contributed by atoms with Crippen LogP contribution in [0.1, 0.15) is 55.3 Å². The molecule has 2 fully saturated rings. The standard InChI is InChI=1S/C18H25N3O2/c1-12-8-15(12)17-6-5-14(23-17)10-19-16-4-3-7-22-18(16)13-9-20-21(2)11-13/h5-6,9,11-12,15-16,18-19H,3-4,7-8,10H2,1-2H3/t12-,15+,16+,18-/m1/s1. The predicted molar refractivity (Wildman–Crippen MR) is 87.0 cm³/mol. The zero-order valence-corrected chi connectivity index (χ0v) is 13.9. The highest BCUT2D eigenvalue weighted by Gasteiger charge is 2.36. The quantitative estimate of drug-likeness (QED) is 0.921. The summed E-state index contributed by atoms with van der Waals surface area (Å²) in [5.74, 6) is 3.60. The molecule has 2 aromatic rings. The predicted octanol–water partition coefficient (Wildman–Crippen LogP) is 3.15. The van der Waals surface area contributed by atoms with E-state index in [2.05, 4.69) is 29.5 Å². The first-order valence-corrected chi connectivity index (χ1v) is 8.63. The average Bonchev–Trinajstić information content (AvgIpc) is 2.96. The smallest absolute Gasteiger partial charge is 0.117 e. The average molecular weight is 315 g/mol. The lowest BCUT2D eigenvalue weighted by atomic mass is 9.98. The number of furan rings is 1. The van der Waals surface area contributed by atoms with Crippen LogP contribution < -0.4 is 5.32 Å². The molecule has 0 spiro atoms. The molecule has 3 heterocycles. The van der Waals surface area contributed by atoms with Gasteiger partial charge in [-0.2, -0.15) is 5.10 Å². The highest BCUT2D eigenvalue weighted by atomic mass is 16.5. The van der Waals surface area contributed by atoms with E-state index in [4.69, 9.17) is 9.15 Å². The summed E-state index contributed by atoms with van der Waals surface area (Å²) >= 11 is 0. The second kappa shape index (κ2) is 6.13. The van der Waals surface area contributed by atoms with Gasteiger partial charge in [0.05, 0.1) is 12.7 Å². The number of nitrogens with zero attached hydrogens (tertiary/aromatic N) is 2. The lowest BCUT2D eigenvalue weighted by Crippen LogP contribution is -2.38. The van der Waals surface area contributed by atoms with Crippen molar-refractivity contribution in [2.75, 3.05) is 6.61 Å². The molecule has 1 N–H and O–H groups in total. The Hall–Kier alpha value is -1.59. The Morgan fingerprint density at radius 1 is 1.39 bits per heavy atom. The van der Waals surface area contributed by atoms with Crippen molar-refractivity contribution in [3.05, 3.63) is 41.6 Å². The van der Waals surface area contributed by atoms with E-state index in [1.165, 1.54) is 6.42 Å². The van der Waals surface area contributed by atoms with Crippen LogP contribution >= 0.6 is 0 Å². The fourth-order valence-corrected chi connectivity index (χ4v) is 3.54. The Balaban J connectivity index is 1.39. The Morgan fingerprint density at radius 2 is 2.26 bits per heavy atom. The molecular weight excluding hydrogens is 290 g/mol. The van der Waals surface area contributed by atoms with Crippen molar-refractivity contribution < 1.29 is 9.15 Å². The van der Waals surface area contributed by atoms with E-state index >= 15 is 0 Å². The molecule has 0 aromatic carbocycles. The number of hydrogen-bond acceptors (Lipinski definition) is 4. The topological polar surface area (TPSA) is 52.2 Å². The van der Waals surface area contributed by atoms with E-state index in [-0.39, 0.29) is 6.10 Å². The second-order valence-electron chi connectivity index (χ2n) is 6.99. The van der Waals surface area contributed by atoms with Gasteiger partial charge in [-0.25, -0.2) is 0 Å². The maximum atomic E-state index is 6.00. The van der Waals surface area contributed by atoms with Crippen molar-refractivity contribution in [3.63, 3.8) is 0 Å². The second-order valence-corrected chi connectivity index (χ2v) is 6.99. The van der Waals surface area contributed by atoms with Crippen molar-refractivity contribution in [1.29, 1.82) is 0 Å². The normalized spacial score (nSPS) is 30.5. The molecule has 23 heavy (non-hydrogen) atoms. The molecule has 5 heteroatoms. The summed E-state index contributed by atoms with van der Waals surface area (Å²) in [6.45, 7) is 3.86. The van der Waals surface area contributed by atoms with E-state index < -0.39 is 0 Å². The summed E-state index contributed by atoms with van der Waals surface area (Å²) in [5.41, 5.74) is 1.15. The van der Waals surface area contributed by atoms with Crippen LogP contribution in [0.5, 0.6) is 0 Å². The largest absolute Gasteiger partial charge is 0.464 e. The monoisotopic (exact) mass is 315 g/mol. The van der Waals surface area contributed by atoms with Gasteiger partial charge in [-0.3, -0.25) is 4.68 Å². The van der Waals surface area contributed by atoms with Crippen LogP contribution in [-0.4, -0.2) is 22.4 Å². The summed E-state index contributed by atoms with van der Waals surface area (Å²) < 4.78 is 13.8. The van der Waals surface area contributed by atoms with Gasteiger partial charge in [0.25, 0.3) is 0 Å². The van der Waals surface area contributed by atoms with Crippen molar-refractivity contribution in [3.8, 4) is 0 Å². The number of hydrogen-bond donors (Lipinski definition) is 1. The van der Waals surface area contributed by atoms with E-state index in [0.717, 1.165) is 49.0 Å². The summed E-state index contributed by atoms with van der Waals surface area (Å²) in [7, 11) is 1.94. The number of rotatable bonds is 5. The van der Waals surface area contributed by atoms with Gasteiger partial charge < -0.3 is 14.5 Å². The lowest BCUT2D eigenvalue weighted by molar-refractivity contribution is -0.0116. The van der Waals surface area contributed by atoms with Crippen LogP contribution in [0.3, 0.4) is 0 Å².